The van der Waals surface area contributed by atoms with Crippen molar-refractivity contribution < 1.29 is 4.79 Å². The quantitative estimate of drug-likeness (QED) is 0.656. The van der Waals surface area contributed by atoms with Crippen LogP contribution in [0.2, 0.25) is 10.0 Å². The van der Waals surface area contributed by atoms with Crippen LogP contribution >= 0.6 is 35.0 Å². The Morgan fingerprint density at radius 2 is 1.60 bits per heavy atom. The fraction of sp³-hybridized carbons (Fsp3) is 0.0526. The van der Waals surface area contributed by atoms with Crippen molar-refractivity contribution >= 4 is 40.9 Å². The van der Waals surface area contributed by atoms with Crippen LogP contribution in [0.1, 0.15) is 17.2 Å². The molecule has 6 heteroatoms. The van der Waals surface area contributed by atoms with Gasteiger partial charge in [-0.2, -0.15) is 0 Å². The van der Waals surface area contributed by atoms with Crippen molar-refractivity contribution in [2.45, 2.75) is 15.7 Å². The number of hydrogen-bond donors (Lipinski definition) is 1. The van der Waals surface area contributed by atoms with Gasteiger partial charge in [-0.25, -0.2) is 0 Å². The lowest BCUT2D eigenvalue weighted by Gasteiger charge is -2.16. The van der Waals surface area contributed by atoms with Crippen molar-refractivity contribution in [1.29, 1.82) is 0 Å². The number of carbonyl (C=O) groups is 1. The van der Waals surface area contributed by atoms with Gasteiger partial charge in [0.1, 0.15) is 5.92 Å². The Hall–Kier alpha value is -2.01. The number of halogens is 2. The van der Waals surface area contributed by atoms with E-state index in [0.29, 0.717) is 21.3 Å². The molecule has 1 heterocycles. The van der Waals surface area contributed by atoms with Gasteiger partial charge in [0, 0.05) is 31.6 Å². The van der Waals surface area contributed by atoms with Gasteiger partial charge >= 0.3 is 0 Å². The average molecular weight is 389 g/mol. The average Bonchev–Trinajstić information content (AvgIpc) is 2.60. The lowest BCUT2D eigenvalue weighted by atomic mass is 9.94. The van der Waals surface area contributed by atoms with Crippen LogP contribution < -0.4 is 5.73 Å². The van der Waals surface area contributed by atoms with E-state index >= 15 is 0 Å². The fourth-order valence-electron chi connectivity index (χ4n) is 2.47. The number of pyridine rings is 1. The number of aromatic nitrogens is 1. The summed E-state index contributed by atoms with van der Waals surface area (Å²) in [4.78, 5) is 18.5. The van der Waals surface area contributed by atoms with E-state index in [9.17, 15) is 4.79 Å². The lowest BCUT2D eigenvalue weighted by molar-refractivity contribution is -0.118. The molecule has 0 fully saturated rings. The highest BCUT2D eigenvalue weighted by Crippen LogP contribution is 2.35. The SMILES string of the molecule is NC(=O)C(c1ccc(Sc2ccccc2)cn1)c1c(Cl)cccc1Cl. The van der Waals surface area contributed by atoms with E-state index < -0.39 is 11.8 Å². The van der Waals surface area contributed by atoms with E-state index in [1.165, 1.54) is 0 Å². The summed E-state index contributed by atoms with van der Waals surface area (Å²) < 4.78 is 0. The Morgan fingerprint density at radius 1 is 0.920 bits per heavy atom. The largest absolute Gasteiger partial charge is 0.369 e. The molecule has 1 amide bonds. The molecule has 0 radical (unpaired) electrons. The van der Waals surface area contributed by atoms with Gasteiger partial charge in [-0.15, -0.1) is 0 Å². The van der Waals surface area contributed by atoms with Crippen molar-refractivity contribution in [1.82, 2.24) is 4.98 Å². The molecule has 0 spiro atoms. The monoisotopic (exact) mass is 388 g/mol. The summed E-state index contributed by atoms with van der Waals surface area (Å²) in [5.41, 5.74) is 6.59. The van der Waals surface area contributed by atoms with E-state index in [2.05, 4.69) is 4.98 Å². The highest BCUT2D eigenvalue weighted by molar-refractivity contribution is 7.99. The van der Waals surface area contributed by atoms with Gasteiger partial charge in [0.05, 0.1) is 5.69 Å². The molecule has 0 bridgehead atoms. The number of benzene rings is 2. The van der Waals surface area contributed by atoms with Gasteiger partial charge in [0.25, 0.3) is 0 Å². The van der Waals surface area contributed by atoms with Crippen LogP contribution in [-0.4, -0.2) is 10.9 Å². The minimum absolute atomic E-state index is 0.390. The Bertz CT molecular complexity index is 865. The Morgan fingerprint density at radius 3 is 2.16 bits per heavy atom. The first kappa shape index (κ1) is 17.8. The van der Waals surface area contributed by atoms with Gasteiger partial charge in [-0.1, -0.05) is 59.2 Å². The minimum atomic E-state index is -0.794. The minimum Gasteiger partial charge on any atom is -0.369 e. The smallest absolute Gasteiger partial charge is 0.231 e. The molecule has 126 valence electrons. The topological polar surface area (TPSA) is 56.0 Å². The summed E-state index contributed by atoms with van der Waals surface area (Å²) in [6.07, 6.45) is 1.72. The third-order valence-electron chi connectivity index (χ3n) is 3.61. The van der Waals surface area contributed by atoms with Crippen molar-refractivity contribution in [2.24, 2.45) is 5.73 Å². The summed E-state index contributed by atoms with van der Waals surface area (Å²) in [7, 11) is 0. The van der Waals surface area contributed by atoms with Crippen LogP contribution in [0.3, 0.4) is 0 Å². The van der Waals surface area contributed by atoms with E-state index in [1.807, 2.05) is 36.4 Å². The molecule has 3 rings (SSSR count). The molecule has 3 aromatic rings. The Kier molecular flexibility index (Phi) is 5.63. The normalized spacial score (nSPS) is 11.9. The molecule has 0 saturated carbocycles. The van der Waals surface area contributed by atoms with Gasteiger partial charge in [0.15, 0.2) is 0 Å². The zero-order valence-electron chi connectivity index (χ0n) is 13.0. The molecule has 0 aliphatic carbocycles. The summed E-state index contributed by atoms with van der Waals surface area (Å²) in [6.45, 7) is 0. The van der Waals surface area contributed by atoms with Crippen LogP contribution in [0.4, 0.5) is 0 Å². The number of hydrogen-bond acceptors (Lipinski definition) is 3. The lowest BCUT2D eigenvalue weighted by Crippen LogP contribution is -2.24. The molecule has 2 N–H and O–H groups in total. The van der Waals surface area contributed by atoms with E-state index in [0.717, 1.165) is 9.79 Å². The maximum Gasteiger partial charge on any atom is 0.231 e. The van der Waals surface area contributed by atoms with Gasteiger partial charge in [-0.05, 0) is 36.4 Å². The Labute approximate surface area is 160 Å². The number of amides is 1. The molecule has 3 nitrogen and oxygen atoms in total. The molecular weight excluding hydrogens is 375 g/mol. The number of rotatable bonds is 5. The standard InChI is InChI=1S/C19H14Cl2N2OS/c20-14-7-4-8-15(21)17(14)18(19(22)24)16-10-9-13(11-23-16)25-12-5-2-1-3-6-12/h1-11,18H,(H2,22,24). The second kappa shape index (κ2) is 7.91. The predicted molar refractivity (Wildman–Crippen MR) is 102 cm³/mol. The van der Waals surface area contributed by atoms with E-state index in [-0.39, 0.29) is 0 Å². The summed E-state index contributed by atoms with van der Waals surface area (Å²) >= 11 is 14.1. The number of nitrogens with two attached hydrogens (primary N) is 1. The molecule has 1 aromatic heterocycles. The maximum atomic E-state index is 12.0. The molecule has 1 atom stereocenters. The zero-order chi connectivity index (χ0) is 17.8. The van der Waals surface area contributed by atoms with E-state index in [4.69, 9.17) is 28.9 Å². The molecule has 25 heavy (non-hydrogen) atoms. The first-order valence-corrected chi connectivity index (χ1v) is 9.05. The highest BCUT2D eigenvalue weighted by atomic mass is 35.5. The third kappa shape index (κ3) is 4.15. The molecule has 2 aromatic carbocycles. The van der Waals surface area contributed by atoms with E-state index in [1.54, 1.807) is 42.2 Å². The first-order valence-electron chi connectivity index (χ1n) is 7.48. The maximum absolute atomic E-state index is 12.0. The van der Waals surface area contributed by atoms with Gasteiger partial charge < -0.3 is 5.73 Å². The number of nitrogens with zero attached hydrogens (tertiary/aromatic N) is 1. The molecule has 0 aliphatic rings. The Balaban J connectivity index is 1.92. The molecular formula is C19H14Cl2N2OS. The van der Waals surface area contributed by atoms with Crippen LogP contribution in [0, 0.1) is 0 Å². The van der Waals surface area contributed by atoms with Crippen LogP contribution in [0.25, 0.3) is 0 Å². The summed E-state index contributed by atoms with van der Waals surface area (Å²) in [6, 6.07) is 18.7. The fourth-order valence-corrected chi connectivity index (χ4v) is 3.89. The van der Waals surface area contributed by atoms with Crippen LogP contribution in [0.5, 0.6) is 0 Å². The second-order valence-electron chi connectivity index (χ2n) is 5.30. The predicted octanol–water partition coefficient (Wildman–Crippen LogP) is 5.16. The van der Waals surface area contributed by atoms with Crippen molar-refractivity contribution in [3.8, 4) is 0 Å². The van der Waals surface area contributed by atoms with Crippen molar-refractivity contribution in [3.63, 3.8) is 0 Å². The van der Waals surface area contributed by atoms with Crippen molar-refractivity contribution in [3.05, 3.63) is 88.2 Å². The molecule has 0 aliphatic heterocycles. The molecule has 1 unspecified atom stereocenters. The second-order valence-corrected chi connectivity index (χ2v) is 7.27. The van der Waals surface area contributed by atoms with Crippen molar-refractivity contribution in [2.75, 3.05) is 0 Å². The number of primary amides is 1. The summed E-state index contributed by atoms with van der Waals surface area (Å²) in [5.74, 6) is -1.34. The summed E-state index contributed by atoms with van der Waals surface area (Å²) in [5, 5.41) is 0.779. The van der Waals surface area contributed by atoms with Crippen LogP contribution in [-0.2, 0) is 4.79 Å². The van der Waals surface area contributed by atoms with Gasteiger partial charge in [0.2, 0.25) is 5.91 Å². The first-order chi connectivity index (χ1) is 12.1. The highest BCUT2D eigenvalue weighted by Gasteiger charge is 2.26. The molecule has 0 saturated heterocycles. The third-order valence-corrected chi connectivity index (χ3v) is 5.25. The number of carbonyl (C=O) groups excluding carboxylic acids is 1. The zero-order valence-corrected chi connectivity index (χ0v) is 15.4. The van der Waals surface area contributed by atoms with Gasteiger partial charge in [-0.3, -0.25) is 9.78 Å². The van der Waals surface area contributed by atoms with Crippen LogP contribution in [0.15, 0.2) is 76.7 Å².